The summed E-state index contributed by atoms with van der Waals surface area (Å²) in [5, 5.41) is 8.45. The van der Waals surface area contributed by atoms with Crippen molar-refractivity contribution in [1.82, 2.24) is 15.1 Å². The maximum atomic E-state index is 13.0. The molecule has 4 N–H and O–H groups in total. The maximum Gasteiger partial charge on any atom is 0.255 e. The van der Waals surface area contributed by atoms with Crippen LogP contribution in [0, 0.1) is 6.92 Å². The third-order valence-electron chi connectivity index (χ3n) is 6.90. The summed E-state index contributed by atoms with van der Waals surface area (Å²) < 4.78 is 0. The second kappa shape index (κ2) is 10.0. The first-order chi connectivity index (χ1) is 16.9. The minimum atomic E-state index is -0.158. The molecule has 180 valence electrons. The van der Waals surface area contributed by atoms with E-state index in [1.165, 1.54) is 5.56 Å². The number of piperazine rings is 1. The number of carbonyl (C=O) groups excluding carboxylic acids is 1. The molecule has 1 amide bonds. The van der Waals surface area contributed by atoms with Crippen molar-refractivity contribution in [1.29, 1.82) is 0 Å². The van der Waals surface area contributed by atoms with E-state index < -0.39 is 0 Å². The van der Waals surface area contributed by atoms with Gasteiger partial charge in [-0.1, -0.05) is 30.3 Å². The van der Waals surface area contributed by atoms with Gasteiger partial charge in [0.25, 0.3) is 5.91 Å². The fraction of sp³-hybridized carbons (Fsp3) is 0.276. The van der Waals surface area contributed by atoms with Crippen LogP contribution in [0.4, 0.5) is 5.69 Å². The number of benzene rings is 3. The highest BCUT2D eigenvalue weighted by Crippen LogP contribution is 2.26. The molecule has 2 heterocycles. The summed E-state index contributed by atoms with van der Waals surface area (Å²) in [7, 11) is 2.17. The van der Waals surface area contributed by atoms with Gasteiger partial charge in [-0.15, -0.1) is 0 Å². The van der Waals surface area contributed by atoms with Crippen LogP contribution in [0.15, 0.2) is 60.7 Å². The molecule has 2 aliphatic heterocycles. The highest BCUT2D eigenvalue weighted by atomic mass is 16.1. The first kappa shape index (κ1) is 23.3. The maximum absolute atomic E-state index is 13.0. The van der Waals surface area contributed by atoms with E-state index >= 15 is 0 Å². The van der Waals surface area contributed by atoms with E-state index in [9.17, 15) is 4.79 Å². The molecular formula is C29H33N5O. The fourth-order valence-electron chi connectivity index (χ4n) is 4.69. The van der Waals surface area contributed by atoms with Gasteiger partial charge in [0.1, 0.15) is 0 Å². The molecule has 0 spiro atoms. The number of likely N-dealkylation sites (N-methyl/N-ethyl adjacent to an activating group) is 1. The Hall–Kier alpha value is -3.45. The highest BCUT2D eigenvalue weighted by Gasteiger charge is 2.14. The van der Waals surface area contributed by atoms with E-state index in [0.29, 0.717) is 5.56 Å². The zero-order chi connectivity index (χ0) is 24.4. The summed E-state index contributed by atoms with van der Waals surface area (Å²) in [6.45, 7) is 7.38. The Morgan fingerprint density at radius 3 is 2.54 bits per heavy atom. The standard InChI is InChI=1S/C29H33N5O/c1-20-3-10-26(17-27(20)24-9-8-23-16-28(30)31-18-25(23)15-24)32-29(35)22-6-4-21(5-7-22)19-34-13-11-33(2)12-14-34/h3-10,15-18,28,31H,11-14,19,30H2,1-2H3,(H,32,35). The van der Waals surface area contributed by atoms with Gasteiger partial charge in [-0.3, -0.25) is 9.69 Å². The van der Waals surface area contributed by atoms with Crippen LogP contribution < -0.4 is 26.8 Å². The Morgan fingerprint density at radius 2 is 1.77 bits per heavy atom. The molecule has 3 aromatic rings. The molecule has 2 aliphatic rings. The first-order valence-electron chi connectivity index (χ1n) is 12.2. The van der Waals surface area contributed by atoms with Gasteiger partial charge < -0.3 is 21.3 Å². The second-order valence-electron chi connectivity index (χ2n) is 9.61. The van der Waals surface area contributed by atoms with Crippen molar-refractivity contribution in [3.05, 3.63) is 87.8 Å². The van der Waals surface area contributed by atoms with Crippen molar-refractivity contribution in [3.8, 4) is 11.1 Å². The summed E-state index contributed by atoms with van der Waals surface area (Å²) in [5.74, 6) is -0.0995. The number of amides is 1. The van der Waals surface area contributed by atoms with Crippen LogP contribution in [-0.4, -0.2) is 55.1 Å². The van der Waals surface area contributed by atoms with Gasteiger partial charge in [-0.2, -0.15) is 0 Å². The molecule has 0 saturated carbocycles. The van der Waals surface area contributed by atoms with E-state index in [1.54, 1.807) is 0 Å². The number of fused-ring (bicyclic) bond motifs is 1. The Kier molecular flexibility index (Phi) is 6.68. The third kappa shape index (κ3) is 5.46. The van der Waals surface area contributed by atoms with Crippen molar-refractivity contribution in [2.75, 3.05) is 38.5 Å². The van der Waals surface area contributed by atoms with Gasteiger partial charge in [0.2, 0.25) is 0 Å². The van der Waals surface area contributed by atoms with Crippen LogP contribution in [0.1, 0.15) is 21.5 Å². The summed E-state index contributed by atoms with van der Waals surface area (Å²) in [6, 6.07) is 20.4. The number of anilines is 1. The van der Waals surface area contributed by atoms with Crippen LogP contribution in [0.2, 0.25) is 0 Å². The number of carbonyl (C=O) groups is 1. The van der Waals surface area contributed by atoms with E-state index in [1.807, 2.05) is 42.6 Å². The number of hydrogen-bond acceptors (Lipinski definition) is 5. The average molecular weight is 468 g/mol. The summed E-state index contributed by atoms with van der Waals surface area (Å²) in [6.07, 6.45) is 3.81. The summed E-state index contributed by atoms with van der Waals surface area (Å²) in [4.78, 5) is 17.8. The quantitative estimate of drug-likeness (QED) is 0.536. The van der Waals surface area contributed by atoms with Crippen LogP contribution in [0.5, 0.6) is 0 Å². The van der Waals surface area contributed by atoms with Crippen molar-refractivity contribution in [2.45, 2.75) is 19.6 Å². The molecule has 0 aromatic heterocycles. The minimum Gasteiger partial charge on any atom is -0.372 e. The molecule has 35 heavy (non-hydrogen) atoms. The number of nitrogens with zero attached hydrogens (tertiary/aromatic N) is 2. The van der Waals surface area contributed by atoms with Crippen LogP contribution in [0.25, 0.3) is 23.4 Å². The Balaban J connectivity index is 1.29. The topological polar surface area (TPSA) is 73.6 Å². The van der Waals surface area contributed by atoms with Crippen molar-refractivity contribution in [3.63, 3.8) is 0 Å². The predicted molar refractivity (Wildman–Crippen MR) is 143 cm³/mol. The SMILES string of the molecule is Cc1ccc(NC(=O)c2ccc(CN3CCN(C)CC3)cc2)cc1-c1ccc2c(c1)=CNC(N)C=2. The lowest BCUT2D eigenvalue weighted by Crippen LogP contribution is -2.43. The monoisotopic (exact) mass is 467 g/mol. The van der Waals surface area contributed by atoms with E-state index in [-0.39, 0.29) is 12.1 Å². The van der Waals surface area contributed by atoms with Gasteiger partial charge in [0, 0.05) is 50.2 Å². The number of aryl methyl sites for hydroxylation is 1. The van der Waals surface area contributed by atoms with E-state index in [2.05, 4.69) is 64.7 Å². The molecule has 6 heteroatoms. The molecule has 6 nitrogen and oxygen atoms in total. The molecule has 1 atom stereocenters. The molecule has 0 bridgehead atoms. The third-order valence-corrected chi connectivity index (χ3v) is 6.90. The number of nitrogens with one attached hydrogen (secondary N) is 2. The van der Waals surface area contributed by atoms with E-state index in [4.69, 9.17) is 5.73 Å². The van der Waals surface area contributed by atoms with Crippen molar-refractivity contribution < 1.29 is 4.79 Å². The highest BCUT2D eigenvalue weighted by molar-refractivity contribution is 6.04. The van der Waals surface area contributed by atoms with Crippen molar-refractivity contribution >= 4 is 23.9 Å². The molecule has 0 aliphatic carbocycles. The minimum absolute atomic E-state index is 0.0995. The molecule has 0 radical (unpaired) electrons. The average Bonchev–Trinajstić information content (AvgIpc) is 2.86. The number of nitrogens with two attached hydrogens (primary N) is 1. The molecule has 3 aromatic carbocycles. The predicted octanol–water partition coefficient (Wildman–Crippen LogP) is 2.07. The van der Waals surface area contributed by atoms with Gasteiger partial charge in [-0.25, -0.2) is 0 Å². The van der Waals surface area contributed by atoms with Gasteiger partial charge in [-0.05, 0) is 83.1 Å². The largest absolute Gasteiger partial charge is 0.372 e. The van der Waals surface area contributed by atoms with Gasteiger partial charge >= 0.3 is 0 Å². The lowest BCUT2D eigenvalue weighted by Gasteiger charge is -2.32. The van der Waals surface area contributed by atoms with Gasteiger partial charge in [0.05, 0.1) is 6.17 Å². The molecule has 5 rings (SSSR count). The molecule has 1 unspecified atom stereocenters. The lowest BCUT2D eigenvalue weighted by atomic mass is 9.98. The summed E-state index contributed by atoms with van der Waals surface area (Å²) in [5.41, 5.74) is 12.0. The smallest absolute Gasteiger partial charge is 0.255 e. The fourth-order valence-corrected chi connectivity index (χ4v) is 4.69. The zero-order valence-corrected chi connectivity index (χ0v) is 20.4. The normalized spacial score (nSPS) is 18.1. The van der Waals surface area contributed by atoms with Crippen LogP contribution >= 0.6 is 0 Å². The zero-order valence-electron chi connectivity index (χ0n) is 20.4. The first-order valence-corrected chi connectivity index (χ1v) is 12.2. The number of hydrogen-bond donors (Lipinski definition) is 3. The van der Waals surface area contributed by atoms with E-state index in [0.717, 1.165) is 65.5 Å². The number of rotatable bonds is 5. The molecule has 1 saturated heterocycles. The lowest BCUT2D eigenvalue weighted by molar-refractivity contribution is 0.102. The van der Waals surface area contributed by atoms with Crippen LogP contribution in [0.3, 0.4) is 0 Å². The molecular weight excluding hydrogens is 434 g/mol. The van der Waals surface area contributed by atoms with Crippen LogP contribution in [-0.2, 0) is 6.54 Å². The Labute approximate surface area is 206 Å². The summed E-state index contributed by atoms with van der Waals surface area (Å²) >= 11 is 0. The Bertz CT molecular complexity index is 1340. The Morgan fingerprint density at radius 1 is 1.00 bits per heavy atom. The van der Waals surface area contributed by atoms with Gasteiger partial charge in [0.15, 0.2) is 0 Å². The second-order valence-corrected chi connectivity index (χ2v) is 9.61. The molecule has 1 fully saturated rings. The van der Waals surface area contributed by atoms with Crippen molar-refractivity contribution in [2.24, 2.45) is 5.73 Å².